The SMILES string of the molecule is CC[C@H]1CN([C@@H](CC)C(=O)N2CCC(C(F)(F)F)(C(F)(F)F)C2)CCO1. The second-order valence-corrected chi connectivity index (χ2v) is 6.91. The second kappa shape index (κ2) is 7.53. The van der Waals surface area contributed by atoms with Crippen molar-refractivity contribution < 1.29 is 35.9 Å². The first-order chi connectivity index (χ1) is 12.0. The van der Waals surface area contributed by atoms with E-state index in [4.69, 9.17) is 4.74 Å². The Bertz CT molecular complexity index is 494. The molecule has 0 saturated carbocycles. The summed E-state index contributed by atoms with van der Waals surface area (Å²) < 4.78 is 84.7. The van der Waals surface area contributed by atoms with Crippen LogP contribution in [0.15, 0.2) is 0 Å². The van der Waals surface area contributed by atoms with E-state index >= 15 is 0 Å². The molecule has 0 radical (unpaired) electrons. The first kappa shape index (κ1) is 21.3. The molecule has 26 heavy (non-hydrogen) atoms. The lowest BCUT2D eigenvalue weighted by Crippen LogP contribution is -2.56. The average Bonchev–Trinajstić information content (AvgIpc) is 3.02. The number of ether oxygens (including phenoxy) is 1. The van der Waals surface area contributed by atoms with Crippen LogP contribution in [0.3, 0.4) is 0 Å². The van der Waals surface area contributed by atoms with Crippen molar-refractivity contribution >= 4 is 5.91 Å². The molecule has 2 heterocycles. The number of rotatable bonds is 4. The van der Waals surface area contributed by atoms with E-state index in [1.165, 1.54) is 0 Å². The smallest absolute Gasteiger partial charge is 0.376 e. The van der Waals surface area contributed by atoms with Gasteiger partial charge in [-0.2, -0.15) is 26.3 Å². The number of likely N-dealkylation sites (tertiary alicyclic amines) is 1. The van der Waals surface area contributed by atoms with Gasteiger partial charge in [0.15, 0.2) is 5.41 Å². The molecule has 0 aliphatic carbocycles. The topological polar surface area (TPSA) is 32.8 Å². The van der Waals surface area contributed by atoms with Crippen molar-refractivity contribution in [1.29, 1.82) is 0 Å². The Hall–Kier alpha value is -1.03. The van der Waals surface area contributed by atoms with Crippen LogP contribution in [0, 0.1) is 5.41 Å². The standard InChI is InChI=1S/C16H24F6N2O2/c1-3-11-9-23(7-8-26-11)12(4-2)13(25)24-6-5-14(10-24,15(17,18)19)16(20,21)22/h11-12H,3-10H2,1-2H3/t11-,12-/m0/s1. The number of alkyl halides is 6. The van der Waals surface area contributed by atoms with Crippen LogP contribution in [-0.4, -0.2) is 73.0 Å². The van der Waals surface area contributed by atoms with Gasteiger partial charge >= 0.3 is 12.4 Å². The summed E-state index contributed by atoms with van der Waals surface area (Å²) in [5, 5.41) is 0. The number of carbonyl (C=O) groups is 1. The van der Waals surface area contributed by atoms with Crippen LogP contribution in [0.2, 0.25) is 0 Å². The van der Waals surface area contributed by atoms with Gasteiger partial charge in [0.1, 0.15) is 0 Å². The molecule has 0 aromatic carbocycles. The first-order valence-corrected chi connectivity index (χ1v) is 8.74. The van der Waals surface area contributed by atoms with E-state index in [1.54, 1.807) is 11.8 Å². The monoisotopic (exact) mass is 390 g/mol. The molecule has 2 aliphatic rings. The molecule has 2 rings (SSSR count). The number of nitrogens with zero attached hydrogens (tertiary/aromatic N) is 2. The predicted octanol–water partition coefficient (Wildman–Crippen LogP) is 3.22. The average molecular weight is 390 g/mol. The highest BCUT2D eigenvalue weighted by atomic mass is 19.4. The summed E-state index contributed by atoms with van der Waals surface area (Å²) in [6, 6.07) is -0.731. The Morgan fingerprint density at radius 1 is 1.15 bits per heavy atom. The van der Waals surface area contributed by atoms with Gasteiger partial charge in [0.25, 0.3) is 0 Å². The molecule has 10 heteroatoms. The summed E-state index contributed by atoms with van der Waals surface area (Å²) in [4.78, 5) is 15.3. The Morgan fingerprint density at radius 3 is 2.23 bits per heavy atom. The van der Waals surface area contributed by atoms with E-state index in [1.807, 2.05) is 6.92 Å². The van der Waals surface area contributed by atoms with Crippen LogP contribution >= 0.6 is 0 Å². The number of carbonyl (C=O) groups excluding carboxylic acids is 1. The molecule has 0 spiro atoms. The van der Waals surface area contributed by atoms with Crippen molar-refractivity contribution in [1.82, 2.24) is 9.80 Å². The minimum Gasteiger partial charge on any atom is -0.376 e. The molecule has 2 atom stereocenters. The normalized spacial score (nSPS) is 26.2. The summed E-state index contributed by atoms with van der Waals surface area (Å²) >= 11 is 0. The highest BCUT2D eigenvalue weighted by molar-refractivity contribution is 5.82. The van der Waals surface area contributed by atoms with Crippen molar-refractivity contribution in [2.45, 2.75) is 57.6 Å². The number of amides is 1. The molecule has 0 aromatic rings. The number of hydrogen-bond donors (Lipinski definition) is 0. The van der Waals surface area contributed by atoms with Crippen molar-refractivity contribution in [3.05, 3.63) is 0 Å². The molecule has 2 saturated heterocycles. The maximum Gasteiger partial charge on any atom is 0.404 e. The Balaban J connectivity index is 2.16. The number of hydrogen-bond acceptors (Lipinski definition) is 3. The minimum atomic E-state index is -5.45. The molecular weight excluding hydrogens is 366 g/mol. The first-order valence-electron chi connectivity index (χ1n) is 8.74. The molecule has 1 amide bonds. The molecule has 0 bridgehead atoms. The molecular formula is C16H24F6N2O2. The minimum absolute atomic E-state index is 0.0892. The van der Waals surface area contributed by atoms with Crippen molar-refractivity contribution in [2.75, 3.05) is 32.8 Å². The van der Waals surface area contributed by atoms with E-state index in [-0.39, 0.29) is 6.10 Å². The molecule has 2 fully saturated rings. The largest absolute Gasteiger partial charge is 0.404 e. The third-order valence-electron chi connectivity index (χ3n) is 5.40. The maximum atomic E-state index is 13.2. The quantitative estimate of drug-likeness (QED) is 0.691. The van der Waals surface area contributed by atoms with Crippen molar-refractivity contribution in [3.63, 3.8) is 0 Å². The summed E-state index contributed by atoms with van der Waals surface area (Å²) in [6.07, 6.45) is -11.1. The predicted molar refractivity (Wildman–Crippen MR) is 81.4 cm³/mol. The van der Waals surface area contributed by atoms with Crippen LogP contribution in [0.1, 0.15) is 33.1 Å². The van der Waals surface area contributed by atoms with Gasteiger partial charge in [-0.05, 0) is 19.3 Å². The lowest BCUT2D eigenvalue weighted by molar-refractivity contribution is -0.334. The molecule has 0 N–H and O–H groups in total. The van der Waals surface area contributed by atoms with Gasteiger partial charge < -0.3 is 9.64 Å². The van der Waals surface area contributed by atoms with E-state index in [9.17, 15) is 31.1 Å². The van der Waals surface area contributed by atoms with E-state index < -0.39 is 49.2 Å². The molecule has 2 aliphatic heterocycles. The van der Waals surface area contributed by atoms with Gasteiger partial charge in [0.2, 0.25) is 5.91 Å². The van der Waals surface area contributed by atoms with Crippen LogP contribution in [-0.2, 0) is 9.53 Å². The van der Waals surface area contributed by atoms with Crippen LogP contribution < -0.4 is 0 Å². The number of morpholine rings is 1. The molecule has 0 aromatic heterocycles. The zero-order chi connectivity index (χ0) is 19.8. The maximum absolute atomic E-state index is 13.2. The third kappa shape index (κ3) is 3.81. The highest BCUT2D eigenvalue weighted by Crippen LogP contribution is 2.55. The van der Waals surface area contributed by atoms with Gasteiger partial charge in [-0.3, -0.25) is 9.69 Å². The fourth-order valence-electron chi connectivity index (χ4n) is 3.69. The van der Waals surface area contributed by atoms with Gasteiger partial charge in [-0.1, -0.05) is 13.8 Å². The van der Waals surface area contributed by atoms with Crippen LogP contribution in [0.4, 0.5) is 26.3 Å². The summed E-state index contributed by atoms with van der Waals surface area (Å²) in [7, 11) is 0. The molecule has 4 nitrogen and oxygen atoms in total. The molecule has 0 unspecified atom stereocenters. The van der Waals surface area contributed by atoms with Crippen LogP contribution in [0.5, 0.6) is 0 Å². The van der Waals surface area contributed by atoms with Crippen LogP contribution in [0.25, 0.3) is 0 Å². The summed E-state index contributed by atoms with van der Waals surface area (Å²) in [5.41, 5.74) is -3.84. The van der Waals surface area contributed by atoms with E-state index in [2.05, 4.69) is 0 Å². The fraction of sp³-hybridized carbons (Fsp3) is 0.938. The third-order valence-corrected chi connectivity index (χ3v) is 5.40. The lowest BCUT2D eigenvalue weighted by Gasteiger charge is -2.39. The van der Waals surface area contributed by atoms with Crippen molar-refractivity contribution in [2.24, 2.45) is 5.41 Å². The van der Waals surface area contributed by atoms with Gasteiger partial charge in [0, 0.05) is 26.2 Å². The zero-order valence-electron chi connectivity index (χ0n) is 14.8. The summed E-state index contributed by atoms with van der Waals surface area (Å²) in [5.74, 6) is -0.667. The van der Waals surface area contributed by atoms with Gasteiger partial charge in [-0.15, -0.1) is 0 Å². The Kier molecular flexibility index (Phi) is 6.16. The zero-order valence-corrected chi connectivity index (χ0v) is 14.8. The van der Waals surface area contributed by atoms with Gasteiger partial charge in [-0.25, -0.2) is 0 Å². The molecule has 152 valence electrons. The Labute approximate surface area is 148 Å². The van der Waals surface area contributed by atoms with Gasteiger partial charge in [0.05, 0.1) is 18.8 Å². The fourth-order valence-corrected chi connectivity index (χ4v) is 3.69. The highest BCUT2D eigenvalue weighted by Gasteiger charge is 2.73. The van der Waals surface area contributed by atoms with E-state index in [0.29, 0.717) is 26.1 Å². The number of halogens is 6. The van der Waals surface area contributed by atoms with Crippen molar-refractivity contribution in [3.8, 4) is 0 Å². The Morgan fingerprint density at radius 2 is 1.77 bits per heavy atom. The lowest BCUT2D eigenvalue weighted by atomic mass is 9.85. The van der Waals surface area contributed by atoms with E-state index in [0.717, 1.165) is 11.3 Å². The second-order valence-electron chi connectivity index (χ2n) is 6.91. The summed E-state index contributed by atoms with van der Waals surface area (Å²) in [6.45, 7) is 2.97.